The van der Waals surface area contributed by atoms with Crippen molar-refractivity contribution in [3.63, 3.8) is 0 Å². The number of carbonyl (C=O) groups is 2. The SMILES string of the molecule is Cc1ccccc1OCCCC(=O)NNC(=O)CCN1CCN(c2ccccc2)CC1. The molecule has 1 saturated heterocycles. The zero-order valence-electron chi connectivity index (χ0n) is 18.2. The number of rotatable bonds is 9. The first-order valence-electron chi connectivity index (χ1n) is 10.9. The Morgan fingerprint density at radius 3 is 2.23 bits per heavy atom. The number of para-hydroxylation sites is 2. The van der Waals surface area contributed by atoms with Crippen molar-refractivity contribution in [2.24, 2.45) is 0 Å². The molecule has 0 aliphatic carbocycles. The molecule has 166 valence electrons. The molecule has 0 aromatic heterocycles. The van der Waals surface area contributed by atoms with Crippen molar-refractivity contribution in [3.8, 4) is 5.75 Å². The summed E-state index contributed by atoms with van der Waals surface area (Å²) in [4.78, 5) is 28.6. The minimum Gasteiger partial charge on any atom is -0.493 e. The van der Waals surface area contributed by atoms with Crippen LogP contribution in [0.1, 0.15) is 24.8 Å². The molecule has 0 unspecified atom stereocenters. The summed E-state index contributed by atoms with van der Waals surface area (Å²) in [5, 5.41) is 0. The predicted octanol–water partition coefficient (Wildman–Crippen LogP) is 2.51. The molecular weight excluding hydrogens is 392 g/mol. The molecule has 2 amide bonds. The van der Waals surface area contributed by atoms with E-state index in [9.17, 15) is 9.59 Å². The van der Waals surface area contributed by atoms with Gasteiger partial charge in [0.05, 0.1) is 6.61 Å². The average molecular weight is 425 g/mol. The summed E-state index contributed by atoms with van der Waals surface area (Å²) in [6.07, 6.45) is 1.25. The fourth-order valence-corrected chi connectivity index (χ4v) is 3.53. The van der Waals surface area contributed by atoms with Crippen LogP contribution in [-0.2, 0) is 9.59 Å². The predicted molar refractivity (Wildman–Crippen MR) is 122 cm³/mol. The minimum absolute atomic E-state index is 0.171. The van der Waals surface area contributed by atoms with Crippen LogP contribution in [-0.4, -0.2) is 56.0 Å². The van der Waals surface area contributed by atoms with Crippen molar-refractivity contribution in [1.29, 1.82) is 0 Å². The second-order valence-corrected chi connectivity index (χ2v) is 7.73. The van der Waals surface area contributed by atoms with Gasteiger partial charge in [-0.05, 0) is 37.1 Å². The molecule has 2 aromatic carbocycles. The third-order valence-corrected chi connectivity index (χ3v) is 5.39. The fourth-order valence-electron chi connectivity index (χ4n) is 3.53. The van der Waals surface area contributed by atoms with Gasteiger partial charge < -0.3 is 9.64 Å². The maximum absolute atomic E-state index is 12.0. The van der Waals surface area contributed by atoms with Gasteiger partial charge in [0.2, 0.25) is 11.8 Å². The number of amides is 2. The lowest BCUT2D eigenvalue weighted by Crippen LogP contribution is -2.48. The van der Waals surface area contributed by atoms with Crippen molar-refractivity contribution in [2.45, 2.75) is 26.2 Å². The van der Waals surface area contributed by atoms with Crippen LogP contribution >= 0.6 is 0 Å². The van der Waals surface area contributed by atoms with Crippen LogP contribution in [0.2, 0.25) is 0 Å². The Kier molecular flexibility index (Phi) is 8.72. The zero-order chi connectivity index (χ0) is 21.9. The third kappa shape index (κ3) is 7.61. The number of nitrogens with one attached hydrogen (secondary N) is 2. The summed E-state index contributed by atoms with van der Waals surface area (Å²) in [5.74, 6) is 0.453. The third-order valence-electron chi connectivity index (χ3n) is 5.39. The number of anilines is 1. The second-order valence-electron chi connectivity index (χ2n) is 7.73. The summed E-state index contributed by atoms with van der Waals surface area (Å²) >= 11 is 0. The Balaban J connectivity index is 1.23. The Morgan fingerprint density at radius 2 is 1.52 bits per heavy atom. The molecule has 31 heavy (non-hydrogen) atoms. The molecule has 1 fully saturated rings. The smallest absolute Gasteiger partial charge is 0.239 e. The topological polar surface area (TPSA) is 73.9 Å². The number of aryl methyl sites for hydroxylation is 1. The molecule has 7 nitrogen and oxygen atoms in total. The highest BCUT2D eigenvalue weighted by Crippen LogP contribution is 2.17. The lowest BCUT2D eigenvalue weighted by atomic mass is 10.2. The number of hydrogen-bond acceptors (Lipinski definition) is 5. The standard InChI is InChI=1S/C24H32N4O3/c1-20-8-5-6-11-22(20)31-19-7-12-23(29)25-26-24(30)13-14-27-15-17-28(18-16-27)21-9-3-2-4-10-21/h2-6,8-11H,7,12-19H2,1H3,(H,25,29)(H,26,30). The first-order valence-corrected chi connectivity index (χ1v) is 10.9. The molecule has 7 heteroatoms. The van der Waals surface area contributed by atoms with E-state index in [0.29, 0.717) is 32.4 Å². The molecule has 1 aliphatic heterocycles. The van der Waals surface area contributed by atoms with Crippen molar-refractivity contribution in [3.05, 3.63) is 60.2 Å². The number of ether oxygens (including phenoxy) is 1. The Hall–Kier alpha value is -3.06. The Morgan fingerprint density at radius 1 is 0.871 bits per heavy atom. The monoisotopic (exact) mass is 424 g/mol. The maximum Gasteiger partial charge on any atom is 0.239 e. The normalized spacial score (nSPS) is 14.2. The highest BCUT2D eigenvalue weighted by Gasteiger charge is 2.17. The molecule has 2 N–H and O–H groups in total. The molecule has 0 saturated carbocycles. The van der Waals surface area contributed by atoms with Gasteiger partial charge in [0, 0.05) is 51.3 Å². The summed E-state index contributed by atoms with van der Waals surface area (Å²) in [5.41, 5.74) is 7.31. The molecule has 2 aromatic rings. The van der Waals surface area contributed by atoms with Crippen LogP contribution in [0, 0.1) is 6.92 Å². The van der Waals surface area contributed by atoms with E-state index in [0.717, 1.165) is 37.5 Å². The maximum atomic E-state index is 12.0. The van der Waals surface area contributed by atoms with Crippen LogP contribution in [0.5, 0.6) is 5.75 Å². The molecule has 0 atom stereocenters. The molecule has 1 heterocycles. The second kappa shape index (κ2) is 12.0. The quantitative estimate of drug-likeness (QED) is 0.478. The van der Waals surface area contributed by atoms with Crippen LogP contribution in [0.15, 0.2) is 54.6 Å². The fraction of sp³-hybridized carbons (Fsp3) is 0.417. The van der Waals surface area contributed by atoms with E-state index in [1.54, 1.807) is 0 Å². The van der Waals surface area contributed by atoms with Gasteiger partial charge in [-0.2, -0.15) is 0 Å². The van der Waals surface area contributed by atoms with Crippen LogP contribution in [0.25, 0.3) is 0 Å². The van der Waals surface area contributed by atoms with E-state index in [4.69, 9.17) is 4.74 Å². The minimum atomic E-state index is -0.210. The average Bonchev–Trinajstić information content (AvgIpc) is 2.81. The number of piperazine rings is 1. The number of hydrogen-bond donors (Lipinski definition) is 2. The van der Waals surface area contributed by atoms with E-state index < -0.39 is 0 Å². The van der Waals surface area contributed by atoms with Gasteiger partial charge in [-0.1, -0.05) is 36.4 Å². The number of benzene rings is 2. The summed E-state index contributed by atoms with van der Waals surface area (Å²) in [6.45, 7) is 6.89. The molecule has 0 bridgehead atoms. The van der Waals surface area contributed by atoms with Crippen molar-refractivity contribution in [1.82, 2.24) is 15.8 Å². The van der Waals surface area contributed by atoms with Crippen LogP contribution < -0.4 is 20.5 Å². The van der Waals surface area contributed by atoms with Gasteiger partial charge in [-0.15, -0.1) is 0 Å². The zero-order valence-corrected chi connectivity index (χ0v) is 18.2. The van der Waals surface area contributed by atoms with E-state index in [1.165, 1.54) is 5.69 Å². The number of hydrazine groups is 1. The first-order chi connectivity index (χ1) is 15.1. The van der Waals surface area contributed by atoms with Gasteiger partial charge >= 0.3 is 0 Å². The lowest BCUT2D eigenvalue weighted by Gasteiger charge is -2.36. The van der Waals surface area contributed by atoms with Crippen molar-refractivity contribution in [2.75, 3.05) is 44.2 Å². The van der Waals surface area contributed by atoms with Crippen molar-refractivity contribution >= 4 is 17.5 Å². The highest BCUT2D eigenvalue weighted by atomic mass is 16.5. The molecule has 3 rings (SSSR count). The molecule has 0 radical (unpaired) electrons. The van der Waals surface area contributed by atoms with Crippen LogP contribution in [0.3, 0.4) is 0 Å². The molecular formula is C24H32N4O3. The summed E-state index contributed by atoms with van der Waals surface area (Å²) in [7, 11) is 0. The van der Waals surface area contributed by atoms with E-state index in [1.807, 2.05) is 37.3 Å². The Bertz CT molecular complexity index is 836. The van der Waals surface area contributed by atoms with Gasteiger partial charge in [0.1, 0.15) is 5.75 Å². The number of nitrogens with zero attached hydrogens (tertiary/aromatic N) is 2. The van der Waals surface area contributed by atoms with E-state index >= 15 is 0 Å². The number of carbonyl (C=O) groups excluding carboxylic acids is 2. The van der Waals surface area contributed by atoms with Crippen LogP contribution in [0.4, 0.5) is 5.69 Å². The Labute approximate surface area is 184 Å². The van der Waals surface area contributed by atoms with Gasteiger partial charge in [-0.3, -0.25) is 25.3 Å². The van der Waals surface area contributed by atoms with E-state index in [2.05, 4.69) is 44.9 Å². The summed E-state index contributed by atoms with van der Waals surface area (Å²) < 4.78 is 5.68. The highest BCUT2D eigenvalue weighted by molar-refractivity contribution is 5.81. The van der Waals surface area contributed by atoms with E-state index in [-0.39, 0.29) is 11.8 Å². The van der Waals surface area contributed by atoms with Gasteiger partial charge in [-0.25, -0.2) is 0 Å². The largest absolute Gasteiger partial charge is 0.493 e. The molecule has 0 spiro atoms. The lowest BCUT2D eigenvalue weighted by molar-refractivity contribution is -0.129. The van der Waals surface area contributed by atoms with Crippen molar-refractivity contribution < 1.29 is 14.3 Å². The molecule has 1 aliphatic rings. The van der Waals surface area contributed by atoms with Gasteiger partial charge in [0.15, 0.2) is 0 Å². The van der Waals surface area contributed by atoms with Gasteiger partial charge in [0.25, 0.3) is 0 Å². The first kappa shape index (κ1) is 22.6. The summed E-state index contributed by atoms with van der Waals surface area (Å²) in [6, 6.07) is 18.2.